The third kappa shape index (κ3) is 8.32. The summed E-state index contributed by atoms with van der Waals surface area (Å²) in [5, 5.41) is 0. The standard InChI is InChI=1S/C44H58/c1-7-43(39-25-17-35(3)18-26-39,40-27-19-36(4)20-28-40)33-15-13-11-9-10-12-14-16-34-44(8-2,41-29-21-37(5)22-30-41)42-31-23-38(6)24-32-42/h17-32H,7-16,33-34H2,1-6H3. The van der Waals surface area contributed by atoms with E-state index >= 15 is 0 Å². The molecule has 0 aromatic heterocycles. The molecule has 0 N–H and O–H groups in total. The minimum Gasteiger partial charge on any atom is -0.0642 e. The van der Waals surface area contributed by atoms with Crippen LogP contribution in [-0.2, 0) is 10.8 Å². The maximum Gasteiger partial charge on any atom is 0.0200 e. The summed E-state index contributed by atoms with van der Waals surface area (Å²) < 4.78 is 0. The highest BCUT2D eigenvalue weighted by atomic mass is 14.4. The number of rotatable bonds is 17. The number of benzene rings is 4. The van der Waals surface area contributed by atoms with Crippen molar-refractivity contribution in [2.45, 2.75) is 129 Å². The van der Waals surface area contributed by atoms with Gasteiger partial charge in [0.15, 0.2) is 0 Å². The Morgan fingerprint density at radius 2 is 0.523 bits per heavy atom. The van der Waals surface area contributed by atoms with Gasteiger partial charge in [-0.3, -0.25) is 0 Å². The molecule has 0 unspecified atom stereocenters. The SMILES string of the molecule is CCC(CCCCCCCCCCC(CC)(c1ccc(C)cc1)c1ccc(C)cc1)(c1ccc(C)cc1)c1ccc(C)cc1. The van der Waals surface area contributed by atoms with E-state index in [-0.39, 0.29) is 10.8 Å². The quantitative estimate of drug-likeness (QED) is 0.108. The van der Waals surface area contributed by atoms with Crippen molar-refractivity contribution in [1.82, 2.24) is 0 Å². The molecule has 4 rings (SSSR count). The van der Waals surface area contributed by atoms with Gasteiger partial charge in [0.05, 0.1) is 0 Å². The molecule has 0 atom stereocenters. The maximum absolute atomic E-state index is 2.38. The predicted molar refractivity (Wildman–Crippen MR) is 193 cm³/mol. The van der Waals surface area contributed by atoms with Gasteiger partial charge in [-0.05, 0) is 75.6 Å². The Morgan fingerprint density at radius 3 is 0.727 bits per heavy atom. The molecular weight excluding hydrogens is 528 g/mol. The monoisotopic (exact) mass is 586 g/mol. The summed E-state index contributed by atoms with van der Waals surface area (Å²) in [6.07, 6.45) is 15.4. The van der Waals surface area contributed by atoms with Gasteiger partial charge in [0.2, 0.25) is 0 Å². The van der Waals surface area contributed by atoms with Crippen LogP contribution in [0.4, 0.5) is 0 Å². The van der Waals surface area contributed by atoms with Gasteiger partial charge < -0.3 is 0 Å². The van der Waals surface area contributed by atoms with Crippen LogP contribution in [0.25, 0.3) is 0 Å². The molecule has 0 saturated carbocycles. The van der Waals surface area contributed by atoms with Crippen LogP contribution in [0, 0.1) is 27.7 Å². The third-order valence-electron chi connectivity index (χ3n) is 10.6. The van der Waals surface area contributed by atoms with E-state index < -0.39 is 0 Å². The number of hydrogen-bond donors (Lipinski definition) is 0. The van der Waals surface area contributed by atoms with Crippen LogP contribution >= 0.6 is 0 Å². The molecular formula is C44H58. The average molecular weight is 587 g/mol. The molecule has 0 spiro atoms. The summed E-state index contributed by atoms with van der Waals surface area (Å²) in [6, 6.07) is 37.4. The second-order valence-electron chi connectivity index (χ2n) is 13.7. The Hall–Kier alpha value is -3.12. The first-order valence-electron chi connectivity index (χ1n) is 17.6. The summed E-state index contributed by atoms with van der Waals surface area (Å²) in [6.45, 7) is 13.5. The normalized spacial score (nSPS) is 12.0. The van der Waals surface area contributed by atoms with Crippen molar-refractivity contribution in [3.8, 4) is 0 Å². The first-order valence-corrected chi connectivity index (χ1v) is 17.6. The van der Waals surface area contributed by atoms with Crippen molar-refractivity contribution in [2.24, 2.45) is 0 Å². The highest BCUT2D eigenvalue weighted by Gasteiger charge is 2.33. The van der Waals surface area contributed by atoms with Crippen molar-refractivity contribution in [1.29, 1.82) is 0 Å². The minimum absolute atomic E-state index is 0.113. The molecule has 0 amide bonds. The first kappa shape index (κ1) is 33.8. The first-order chi connectivity index (χ1) is 21.3. The molecule has 0 heterocycles. The largest absolute Gasteiger partial charge is 0.0642 e. The van der Waals surface area contributed by atoms with E-state index in [0.717, 1.165) is 12.8 Å². The van der Waals surface area contributed by atoms with Crippen LogP contribution < -0.4 is 0 Å². The Labute approximate surface area is 270 Å². The fourth-order valence-electron chi connectivity index (χ4n) is 7.49. The highest BCUT2D eigenvalue weighted by molar-refractivity contribution is 5.42. The molecule has 0 aliphatic carbocycles. The van der Waals surface area contributed by atoms with Gasteiger partial charge in [-0.1, -0.05) is 185 Å². The lowest BCUT2D eigenvalue weighted by molar-refractivity contribution is 0.417. The van der Waals surface area contributed by atoms with Gasteiger partial charge in [-0.25, -0.2) is 0 Å². The molecule has 0 aliphatic heterocycles. The van der Waals surface area contributed by atoms with Crippen LogP contribution in [-0.4, -0.2) is 0 Å². The van der Waals surface area contributed by atoms with Crippen molar-refractivity contribution >= 4 is 0 Å². The average Bonchev–Trinajstić information content (AvgIpc) is 3.04. The van der Waals surface area contributed by atoms with E-state index in [0.29, 0.717) is 0 Å². The second-order valence-corrected chi connectivity index (χ2v) is 13.7. The number of hydrogen-bond acceptors (Lipinski definition) is 0. The van der Waals surface area contributed by atoms with Crippen molar-refractivity contribution in [2.75, 3.05) is 0 Å². The Kier molecular flexibility index (Phi) is 12.5. The fourth-order valence-corrected chi connectivity index (χ4v) is 7.49. The lowest BCUT2D eigenvalue weighted by Crippen LogP contribution is -2.27. The van der Waals surface area contributed by atoms with E-state index in [4.69, 9.17) is 0 Å². The van der Waals surface area contributed by atoms with Gasteiger partial charge in [0.1, 0.15) is 0 Å². The van der Waals surface area contributed by atoms with Gasteiger partial charge in [-0.2, -0.15) is 0 Å². The summed E-state index contributed by atoms with van der Waals surface area (Å²) in [5.41, 5.74) is 11.5. The molecule has 0 nitrogen and oxygen atoms in total. The summed E-state index contributed by atoms with van der Waals surface area (Å²) in [5.74, 6) is 0. The van der Waals surface area contributed by atoms with Crippen LogP contribution in [0.5, 0.6) is 0 Å². The molecule has 44 heavy (non-hydrogen) atoms. The van der Waals surface area contributed by atoms with E-state index in [1.165, 1.54) is 109 Å². The van der Waals surface area contributed by atoms with Crippen molar-refractivity contribution < 1.29 is 0 Å². The van der Waals surface area contributed by atoms with E-state index in [9.17, 15) is 0 Å². The number of aryl methyl sites for hydroxylation is 4. The molecule has 234 valence electrons. The zero-order valence-electron chi connectivity index (χ0n) is 28.7. The summed E-state index contributed by atoms with van der Waals surface area (Å²) >= 11 is 0. The predicted octanol–water partition coefficient (Wildman–Crippen LogP) is 12.9. The molecule has 0 saturated heterocycles. The molecule has 0 fully saturated rings. The topological polar surface area (TPSA) is 0 Å². The molecule has 0 bridgehead atoms. The van der Waals surface area contributed by atoms with Crippen LogP contribution in [0.2, 0.25) is 0 Å². The Bertz CT molecular complexity index is 1170. The molecule has 0 aliphatic rings. The van der Waals surface area contributed by atoms with Gasteiger partial charge in [0.25, 0.3) is 0 Å². The van der Waals surface area contributed by atoms with Crippen LogP contribution in [0.15, 0.2) is 97.1 Å². The zero-order valence-corrected chi connectivity index (χ0v) is 28.7. The molecule has 4 aromatic rings. The summed E-state index contributed by atoms with van der Waals surface area (Å²) in [7, 11) is 0. The van der Waals surface area contributed by atoms with Gasteiger partial charge in [0, 0.05) is 10.8 Å². The van der Waals surface area contributed by atoms with Crippen molar-refractivity contribution in [3.05, 3.63) is 142 Å². The lowest BCUT2D eigenvalue weighted by atomic mass is 9.69. The van der Waals surface area contributed by atoms with Crippen molar-refractivity contribution in [3.63, 3.8) is 0 Å². The van der Waals surface area contributed by atoms with E-state index in [1.807, 2.05) is 0 Å². The zero-order chi connectivity index (χ0) is 31.4. The Balaban J connectivity index is 1.26. The highest BCUT2D eigenvalue weighted by Crippen LogP contribution is 2.42. The van der Waals surface area contributed by atoms with Gasteiger partial charge in [-0.15, -0.1) is 0 Å². The van der Waals surface area contributed by atoms with Gasteiger partial charge >= 0.3 is 0 Å². The van der Waals surface area contributed by atoms with E-state index in [2.05, 4.69) is 139 Å². The third-order valence-corrected chi connectivity index (χ3v) is 10.6. The maximum atomic E-state index is 2.38. The molecule has 4 aromatic carbocycles. The van der Waals surface area contributed by atoms with E-state index in [1.54, 1.807) is 0 Å². The Morgan fingerprint density at radius 1 is 0.318 bits per heavy atom. The molecule has 0 radical (unpaired) electrons. The smallest absolute Gasteiger partial charge is 0.0200 e. The van der Waals surface area contributed by atoms with Crippen LogP contribution in [0.1, 0.15) is 135 Å². The molecule has 0 heteroatoms. The summed E-state index contributed by atoms with van der Waals surface area (Å²) in [4.78, 5) is 0. The fraction of sp³-hybridized carbons (Fsp3) is 0.455. The lowest BCUT2D eigenvalue weighted by Gasteiger charge is -2.35. The second kappa shape index (κ2) is 16.3. The number of unbranched alkanes of at least 4 members (excludes halogenated alkanes) is 7. The minimum atomic E-state index is 0.113. The van der Waals surface area contributed by atoms with Crippen LogP contribution in [0.3, 0.4) is 0 Å².